The Labute approximate surface area is 153 Å². The van der Waals surface area contributed by atoms with Gasteiger partial charge in [0.15, 0.2) is 0 Å². The Bertz CT molecular complexity index is 918. The summed E-state index contributed by atoms with van der Waals surface area (Å²) in [4.78, 5) is 13.7. The van der Waals surface area contributed by atoms with Gasteiger partial charge in [0.25, 0.3) is 0 Å². The number of nitrogens with zero attached hydrogens (tertiary/aromatic N) is 2. The highest BCUT2D eigenvalue weighted by Crippen LogP contribution is 2.32. The van der Waals surface area contributed by atoms with Crippen molar-refractivity contribution >= 4 is 29.3 Å². The first-order chi connectivity index (χ1) is 11.6. The average Bonchev–Trinajstić information content (AvgIpc) is 2.88. The summed E-state index contributed by atoms with van der Waals surface area (Å²) in [7, 11) is 2.12. The molecule has 1 N–H and O–H groups in total. The second kappa shape index (κ2) is 6.90. The summed E-state index contributed by atoms with van der Waals surface area (Å²) in [5.74, 6) is -0.870. The highest BCUT2D eigenvalue weighted by atomic mass is 35.5. The molecule has 0 radical (unpaired) electrons. The minimum atomic E-state index is -0.870. The third-order valence-electron chi connectivity index (χ3n) is 4.88. The number of benzene rings is 2. The maximum absolute atomic E-state index is 11.4. The van der Waals surface area contributed by atoms with Gasteiger partial charge in [-0.3, -0.25) is 0 Å². The zero-order chi connectivity index (χ0) is 16.7. The zero-order valence-corrected chi connectivity index (χ0v) is 14.9. The van der Waals surface area contributed by atoms with Crippen LogP contribution in [0.1, 0.15) is 27.2 Å². The molecule has 0 bridgehead atoms. The molecule has 0 saturated carbocycles. The van der Waals surface area contributed by atoms with E-state index in [1.54, 1.807) is 6.07 Å². The van der Waals surface area contributed by atoms with Crippen LogP contribution >= 0.6 is 12.4 Å². The minimum absolute atomic E-state index is 0. The topological polar surface area (TPSA) is 45.5 Å². The molecule has 2 heterocycles. The van der Waals surface area contributed by atoms with Crippen LogP contribution < -0.4 is 0 Å². The lowest BCUT2D eigenvalue weighted by Crippen LogP contribution is -2.27. The van der Waals surface area contributed by atoms with Crippen LogP contribution in [0.15, 0.2) is 48.5 Å². The Morgan fingerprint density at radius 3 is 2.64 bits per heavy atom. The largest absolute Gasteiger partial charge is 0.478 e. The van der Waals surface area contributed by atoms with E-state index in [1.807, 2.05) is 18.2 Å². The molecule has 0 unspecified atom stereocenters. The number of hydrogen-bond donors (Lipinski definition) is 1. The number of likely N-dealkylation sites (N-methyl/N-ethyl adjacent to an activating group) is 1. The van der Waals surface area contributed by atoms with Crippen molar-refractivity contribution in [2.24, 2.45) is 0 Å². The van der Waals surface area contributed by atoms with Crippen molar-refractivity contribution in [3.8, 4) is 0 Å². The van der Waals surface area contributed by atoms with E-state index in [9.17, 15) is 9.90 Å². The SMILES string of the molecule is CN1CCc2c(c3cc(C(=O)O)ccc3n2Cc2ccccc2)C1.Cl. The highest BCUT2D eigenvalue weighted by molar-refractivity contribution is 5.95. The fourth-order valence-corrected chi connectivity index (χ4v) is 3.66. The maximum Gasteiger partial charge on any atom is 0.335 e. The number of rotatable bonds is 3. The Kier molecular flexibility index (Phi) is 4.84. The second-order valence-electron chi connectivity index (χ2n) is 6.52. The number of carbonyl (C=O) groups is 1. The molecule has 0 atom stereocenters. The third kappa shape index (κ3) is 3.15. The van der Waals surface area contributed by atoms with Gasteiger partial charge in [0, 0.05) is 42.7 Å². The van der Waals surface area contributed by atoms with Crippen molar-refractivity contribution in [2.75, 3.05) is 13.6 Å². The number of halogens is 1. The van der Waals surface area contributed by atoms with Crippen LogP contribution in [-0.4, -0.2) is 34.1 Å². The molecule has 2 aromatic carbocycles. The standard InChI is InChI=1S/C20H20N2O2.ClH/c1-21-10-9-19-17(13-21)16-11-15(20(23)24)7-8-18(16)22(19)12-14-5-3-2-4-6-14;/h2-8,11H,9-10,12-13H2,1H3,(H,23,24);1H. The number of carboxylic acids is 1. The quantitative estimate of drug-likeness (QED) is 0.776. The third-order valence-corrected chi connectivity index (χ3v) is 4.88. The summed E-state index contributed by atoms with van der Waals surface area (Å²) in [5, 5.41) is 10.4. The van der Waals surface area contributed by atoms with Crippen molar-refractivity contribution in [2.45, 2.75) is 19.5 Å². The van der Waals surface area contributed by atoms with Gasteiger partial charge in [0.1, 0.15) is 0 Å². The predicted molar refractivity (Wildman–Crippen MR) is 102 cm³/mol. The van der Waals surface area contributed by atoms with Crippen LogP contribution in [0, 0.1) is 0 Å². The fourth-order valence-electron chi connectivity index (χ4n) is 3.66. The predicted octanol–water partition coefficient (Wildman–Crippen LogP) is 3.80. The van der Waals surface area contributed by atoms with E-state index >= 15 is 0 Å². The molecular formula is C20H21ClN2O2. The number of hydrogen-bond acceptors (Lipinski definition) is 2. The first kappa shape index (κ1) is 17.5. The van der Waals surface area contributed by atoms with E-state index in [1.165, 1.54) is 16.8 Å². The van der Waals surface area contributed by atoms with Gasteiger partial charge in [-0.2, -0.15) is 0 Å². The van der Waals surface area contributed by atoms with Crippen LogP contribution in [0.3, 0.4) is 0 Å². The summed E-state index contributed by atoms with van der Waals surface area (Å²) in [5.41, 5.74) is 5.37. The molecule has 0 fully saturated rings. The van der Waals surface area contributed by atoms with Crippen molar-refractivity contribution in [1.82, 2.24) is 9.47 Å². The van der Waals surface area contributed by atoms with Crippen LogP contribution in [0.4, 0.5) is 0 Å². The van der Waals surface area contributed by atoms with Crippen molar-refractivity contribution in [3.63, 3.8) is 0 Å². The van der Waals surface area contributed by atoms with Gasteiger partial charge in [0.2, 0.25) is 0 Å². The van der Waals surface area contributed by atoms with E-state index in [2.05, 4.69) is 40.8 Å². The van der Waals surface area contributed by atoms with Gasteiger partial charge in [-0.15, -0.1) is 12.4 Å². The van der Waals surface area contributed by atoms with Gasteiger partial charge in [0.05, 0.1) is 5.56 Å². The monoisotopic (exact) mass is 356 g/mol. The first-order valence-electron chi connectivity index (χ1n) is 8.23. The van der Waals surface area contributed by atoms with Crippen LogP contribution in [-0.2, 0) is 19.5 Å². The summed E-state index contributed by atoms with van der Waals surface area (Å²) in [6, 6.07) is 15.9. The maximum atomic E-state index is 11.4. The van der Waals surface area contributed by atoms with E-state index in [0.29, 0.717) is 5.56 Å². The van der Waals surface area contributed by atoms with Gasteiger partial charge < -0.3 is 14.6 Å². The molecule has 4 rings (SSSR count). The molecule has 0 saturated heterocycles. The fraction of sp³-hybridized carbons (Fsp3) is 0.250. The molecule has 1 aromatic heterocycles. The normalized spacial score (nSPS) is 14.1. The average molecular weight is 357 g/mol. The lowest BCUT2D eigenvalue weighted by molar-refractivity contribution is 0.0697. The smallest absolute Gasteiger partial charge is 0.335 e. The van der Waals surface area contributed by atoms with Crippen LogP contribution in [0.25, 0.3) is 10.9 Å². The molecular weight excluding hydrogens is 336 g/mol. The molecule has 0 spiro atoms. The Balaban J connectivity index is 0.00000182. The van der Waals surface area contributed by atoms with E-state index in [0.717, 1.165) is 37.0 Å². The summed E-state index contributed by atoms with van der Waals surface area (Å²) >= 11 is 0. The minimum Gasteiger partial charge on any atom is -0.478 e. The molecule has 3 aromatic rings. The zero-order valence-electron chi connectivity index (χ0n) is 14.1. The van der Waals surface area contributed by atoms with Crippen molar-refractivity contribution < 1.29 is 9.90 Å². The molecule has 130 valence electrons. The molecule has 5 heteroatoms. The Morgan fingerprint density at radius 1 is 1.16 bits per heavy atom. The van der Waals surface area contributed by atoms with E-state index in [4.69, 9.17) is 0 Å². The Morgan fingerprint density at radius 2 is 1.92 bits per heavy atom. The molecule has 0 amide bonds. The van der Waals surface area contributed by atoms with Crippen molar-refractivity contribution in [1.29, 1.82) is 0 Å². The lowest BCUT2D eigenvalue weighted by atomic mass is 10.0. The summed E-state index contributed by atoms with van der Waals surface area (Å²) in [6.07, 6.45) is 0.996. The second-order valence-corrected chi connectivity index (χ2v) is 6.52. The van der Waals surface area contributed by atoms with Gasteiger partial charge in [-0.25, -0.2) is 4.79 Å². The molecule has 0 aliphatic carbocycles. The van der Waals surface area contributed by atoms with Crippen LogP contribution in [0.2, 0.25) is 0 Å². The summed E-state index contributed by atoms with van der Waals surface area (Å²) < 4.78 is 2.36. The molecule has 4 nitrogen and oxygen atoms in total. The molecule has 1 aliphatic heterocycles. The van der Waals surface area contributed by atoms with Gasteiger partial charge in [-0.05, 0) is 36.4 Å². The summed E-state index contributed by atoms with van der Waals surface area (Å²) in [6.45, 7) is 2.73. The number of carboxylic acid groups (broad SMARTS) is 1. The number of fused-ring (bicyclic) bond motifs is 3. The number of aromatic nitrogens is 1. The lowest BCUT2D eigenvalue weighted by Gasteiger charge is -2.24. The molecule has 1 aliphatic rings. The van der Waals surface area contributed by atoms with E-state index in [-0.39, 0.29) is 12.4 Å². The first-order valence-corrected chi connectivity index (χ1v) is 8.23. The van der Waals surface area contributed by atoms with Gasteiger partial charge in [-0.1, -0.05) is 30.3 Å². The highest BCUT2D eigenvalue weighted by Gasteiger charge is 2.23. The van der Waals surface area contributed by atoms with Gasteiger partial charge >= 0.3 is 5.97 Å². The number of aromatic carboxylic acids is 1. The van der Waals surface area contributed by atoms with Crippen LogP contribution in [0.5, 0.6) is 0 Å². The molecule has 25 heavy (non-hydrogen) atoms. The Hall–Kier alpha value is -2.30. The van der Waals surface area contributed by atoms with Crippen molar-refractivity contribution in [3.05, 3.63) is 70.9 Å². The van der Waals surface area contributed by atoms with E-state index < -0.39 is 5.97 Å².